The largest absolute Gasteiger partial charge is 0.330 e. The first-order valence-corrected chi connectivity index (χ1v) is 5.80. The van der Waals surface area contributed by atoms with Crippen molar-refractivity contribution in [3.8, 4) is 0 Å². The molecule has 5 heteroatoms. The van der Waals surface area contributed by atoms with Gasteiger partial charge in [0.15, 0.2) is 0 Å². The van der Waals surface area contributed by atoms with Crippen LogP contribution in [-0.2, 0) is 15.5 Å². The van der Waals surface area contributed by atoms with Gasteiger partial charge >= 0.3 is 11.4 Å². The van der Waals surface area contributed by atoms with E-state index in [1.165, 1.54) is 0 Å². The summed E-state index contributed by atoms with van der Waals surface area (Å²) >= 11 is -2.24. The molecular weight excluding hydrogens is 214 g/mol. The molecule has 2 unspecified atom stereocenters. The lowest BCUT2D eigenvalue weighted by molar-refractivity contribution is 0.195. The maximum atomic E-state index is 10.6. The maximum Gasteiger partial charge on any atom is 0.302 e. The summed E-state index contributed by atoms with van der Waals surface area (Å²) < 4.78 is 24.2. The first-order chi connectivity index (χ1) is 7.24. The minimum absolute atomic E-state index is 0.361. The minimum Gasteiger partial charge on any atom is -0.330 e. The van der Waals surface area contributed by atoms with Crippen LogP contribution in [-0.4, -0.2) is 15.3 Å². The molecule has 0 amide bonds. The Bertz CT molecular complexity index is 305. The highest BCUT2D eigenvalue weighted by Gasteiger charge is 2.13. The van der Waals surface area contributed by atoms with Crippen molar-refractivity contribution in [3.05, 3.63) is 35.9 Å². The van der Waals surface area contributed by atoms with Crippen LogP contribution in [0.5, 0.6) is 0 Å². The second-order valence-corrected chi connectivity index (χ2v) is 3.77. The fraction of sp³-hybridized carbons (Fsp3) is 0.400. The van der Waals surface area contributed by atoms with Crippen LogP contribution in [0.15, 0.2) is 30.3 Å². The average Bonchev–Trinajstić information content (AvgIpc) is 2.25. The van der Waals surface area contributed by atoms with Gasteiger partial charge in [-0.3, -0.25) is 8.74 Å². The molecule has 0 spiro atoms. The van der Waals surface area contributed by atoms with Crippen molar-refractivity contribution in [2.45, 2.75) is 18.9 Å². The lowest BCUT2D eigenvalue weighted by Crippen LogP contribution is -2.09. The van der Waals surface area contributed by atoms with Crippen LogP contribution in [0.25, 0.3) is 0 Å². The number of hydrogen-bond acceptors (Lipinski definition) is 3. The van der Waals surface area contributed by atoms with E-state index in [-0.39, 0.29) is 6.10 Å². The van der Waals surface area contributed by atoms with E-state index in [4.69, 9.17) is 14.5 Å². The summed E-state index contributed by atoms with van der Waals surface area (Å²) in [4.78, 5) is 0. The molecule has 4 nitrogen and oxygen atoms in total. The highest BCUT2D eigenvalue weighted by Crippen LogP contribution is 2.22. The second kappa shape index (κ2) is 6.68. The third kappa shape index (κ3) is 4.53. The molecule has 0 aliphatic rings. The van der Waals surface area contributed by atoms with Gasteiger partial charge in [0.05, 0.1) is 0 Å². The summed E-state index contributed by atoms with van der Waals surface area (Å²) in [6, 6.07) is 9.37. The van der Waals surface area contributed by atoms with Crippen molar-refractivity contribution >= 4 is 11.4 Å². The predicted molar refractivity (Wildman–Crippen MR) is 59.3 cm³/mol. The van der Waals surface area contributed by atoms with Gasteiger partial charge in [-0.15, -0.1) is 0 Å². The number of hydrogen-bond donors (Lipinski definition) is 2. The molecule has 0 aromatic heterocycles. The van der Waals surface area contributed by atoms with Crippen LogP contribution < -0.4 is 5.73 Å². The molecule has 15 heavy (non-hydrogen) atoms. The van der Waals surface area contributed by atoms with Crippen molar-refractivity contribution in [1.82, 2.24) is 0 Å². The Balaban J connectivity index is 2.67. The third-order valence-corrected chi connectivity index (χ3v) is 2.44. The van der Waals surface area contributed by atoms with Gasteiger partial charge in [-0.2, -0.15) is 4.21 Å². The van der Waals surface area contributed by atoms with E-state index in [0.29, 0.717) is 13.0 Å². The molecule has 0 fully saturated rings. The molecule has 0 saturated heterocycles. The summed E-state index contributed by atoms with van der Waals surface area (Å²) in [5.74, 6) is 0. The molecule has 3 N–H and O–H groups in total. The Morgan fingerprint density at radius 1 is 1.40 bits per heavy atom. The molecule has 0 radical (unpaired) electrons. The Morgan fingerprint density at radius 2 is 2.07 bits per heavy atom. The first-order valence-electron chi connectivity index (χ1n) is 4.77. The van der Waals surface area contributed by atoms with Gasteiger partial charge in [-0.1, -0.05) is 30.3 Å². The van der Waals surface area contributed by atoms with Crippen molar-refractivity contribution in [1.29, 1.82) is 0 Å². The van der Waals surface area contributed by atoms with Crippen molar-refractivity contribution in [3.63, 3.8) is 0 Å². The standard InChI is InChI=1S/C10H15NO3S/c11-8-4-7-10(14-15(12)13)9-5-2-1-3-6-9/h1-3,5-6,10H,4,7-8,11H2,(H,12,13). The van der Waals surface area contributed by atoms with Gasteiger partial charge in [0.1, 0.15) is 6.10 Å². The van der Waals surface area contributed by atoms with Crippen molar-refractivity contribution in [2.75, 3.05) is 6.54 Å². The normalized spacial score (nSPS) is 14.8. The molecule has 0 saturated carbocycles. The molecule has 0 aliphatic heterocycles. The Hall–Kier alpha value is -0.750. The van der Waals surface area contributed by atoms with Crippen molar-refractivity contribution in [2.24, 2.45) is 5.73 Å². The van der Waals surface area contributed by atoms with Crippen LogP contribution in [0, 0.1) is 0 Å². The topological polar surface area (TPSA) is 72.5 Å². The van der Waals surface area contributed by atoms with Gasteiger partial charge in [0.25, 0.3) is 0 Å². The number of rotatable bonds is 6. The van der Waals surface area contributed by atoms with Crippen LogP contribution in [0.1, 0.15) is 24.5 Å². The molecular formula is C10H15NO3S. The lowest BCUT2D eigenvalue weighted by atomic mass is 10.1. The summed E-state index contributed by atoms with van der Waals surface area (Å²) in [5, 5.41) is 0. The van der Waals surface area contributed by atoms with E-state index in [1.54, 1.807) is 0 Å². The minimum atomic E-state index is -2.24. The van der Waals surface area contributed by atoms with E-state index < -0.39 is 11.4 Å². The fourth-order valence-electron chi connectivity index (χ4n) is 1.34. The van der Waals surface area contributed by atoms with Crippen LogP contribution >= 0.6 is 0 Å². The first kappa shape index (κ1) is 12.3. The smallest absolute Gasteiger partial charge is 0.302 e. The Kier molecular flexibility index (Phi) is 5.49. The zero-order chi connectivity index (χ0) is 11.1. The maximum absolute atomic E-state index is 10.6. The van der Waals surface area contributed by atoms with Crippen LogP contribution in [0.4, 0.5) is 0 Å². The Morgan fingerprint density at radius 3 is 2.60 bits per heavy atom. The zero-order valence-corrected chi connectivity index (χ0v) is 9.15. The quantitative estimate of drug-likeness (QED) is 0.727. The molecule has 1 aromatic rings. The summed E-state index contributed by atoms with van der Waals surface area (Å²) in [7, 11) is 0. The van der Waals surface area contributed by atoms with E-state index in [1.807, 2.05) is 30.3 Å². The highest BCUT2D eigenvalue weighted by atomic mass is 32.2. The zero-order valence-electron chi connectivity index (χ0n) is 8.33. The third-order valence-electron chi connectivity index (χ3n) is 2.04. The van der Waals surface area contributed by atoms with Crippen LogP contribution in [0.2, 0.25) is 0 Å². The molecule has 2 atom stereocenters. The SMILES string of the molecule is NCCCC(OS(=O)O)c1ccccc1. The fourth-order valence-corrected chi connectivity index (χ4v) is 1.75. The number of benzene rings is 1. The molecule has 84 valence electrons. The lowest BCUT2D eigenvalue weighted by Gasteiger charge is -2.14. The highest BCUT2D eigenvalue weighted by molar-refractivity contribution is 7.74. The predicted octanol–water partition coefficient (Wildman–Crippen LogP) is 1.62. The van der Waals surface area contributed by atoms with Gasteiger partial charge in [0.2, 0.25) is 0 Å². The second-order valence-electron chi connectivity index (χ2n) is 3.14. The van der Waals surface area contributed by atoms with Gasteiger partial charge in [0, 0.05) is 0 Å². The summed E-state index contributed by atoms with van der Waals surface area (Å²) in [5.41, 5.74) is 6.29. The monoisotopic (exact) mass is 229 g/mol. The summed E-state index contributed by atoms with van der Waals surface area (Å²) in [6.45, 7) is 0.546. The van der Waals surface area contributed by atoms with Crippen LogP contribution in [0.3, 0.4) is 0 Å². The molecule has 0 heterocycles. The summed E-state index contributed by atoms with van der Waals surface area (Å²) in [6.07, 6.45) is 1.05. The van der Waals surface area contributed by atoms with E-state index in [2.05, 4.69) is 0 Å². The van der Waals surface area contributed by atoms with E-state index in [9.17, 15) is 4.21 Å². The molecule has 1 aromatic carbocycles. The van der Waals surface area contributed by atoms with E-state index >= 15 is 0 Å². The number of nitrogens with two attached hydrogens (primary N) is 1. The van der Waals surface area contributed by atoms with E-state index in [0.717, 1.165) is 12.0 Å². The average molecular weight is 229 g/mol. The Labute approximate surface area is 91.9 Å². The van der Waals surface area contributed by atoms with Gasteiger partial charge in [-0.25, -0.2) is 0 Å². The van der Waals surface area contributed by atoms with Crippen molar-refractivity contribution < 1.29 is 12.9 Å². The molecule has 1 rings (SSSR count). The van der Waals surface area contributed by atoms with Gasteiger partial charge in [-0.05, 0) is 24.9 Å². The molecule has 0 bridgehead atoms. The molecule has 0 aliphatic carbocycles. The van der Waals surface area contributed by atoms with Gasteiger partial charge < -0.3 is 5.73 Å².